The highest BCUT2D eigenvalue weighted by molar-refractivity contribution is 6.40. The van der Waals surface area contributed by atoms with E-state index in [1.165, 1.54) is 6.92 Å². The minimum atomic E-state index is -4.94. The maximum Gasteiger partial charge on any atom is 0.419 e. The maximum absolute atomic E-state index is 13.5. The van der Waals surface area contributed by atoms with E-state index in [1.54, 1.807) is 0 Å². The molecule has 0 radical (unpaired) electrons. The standard InChI is InChI=1S/C11H8F4O3/c1-2-18-10(17)9(16)6-4-3-5-7(8(6)12)11(13,14)15/h3-5H,2H2,1H3. The van der Waals surface area contributed by atoms with E-state index in [2.05, 4.69) is 4.74 Å². The molecular formula is C11H8F4O3. The van der Waals surface area contributed by atoms with E-state index < -0.39 is 34.9 Å². The average molecular weight is 264 g/mol. The Balaban J connectivity index is 3.20. The molecule has 0 aliphatic rings. The summed E-state index contributed by atoms with van der Waals surface area (Å²) in [6.07, 6.45) is -4.94. The van der Waals surface area contributed by atoms with Crippen LogP contribution >= 0.6 is 0 Å². The lowest BCUT2D eigenvalue weighted by Crippen LogP contribution is -2.20. The van der Waals surface area contributed by atoms with Gasteiger partial charge in [-0.1, -0.05) is 6.07 Å². The van der Waals surface area contributed by atoms with Crippen molar-refractivity contribution in [2.75, 3.05) is 6.61 Å². The number of Topliss-reactive ketones (excluding diaryl/α,β-unsaturated/α-hetero) is 1. The van der Waals surface area contributed by atoms with E-state index in [-0.39, 0.29) is 6.61 Å². The summed E-state index contributed by atoms with van der Waals surface area (Å²) in [5.41, 5.74) is -2.55. The molecule has 3 nitrogen and oxygen atoms in total. The zero-order chi connectivity index (χ0) is 13.9. The number of rotatable bonds is 3. The third-order valence-electron chi connectivity index (χ3n) is 2.01. The smallest absolute Gasteiger partial charge is 0.419 e. The first-order valence-corrected chi connectivity index (χ1v) is 4.86. The van der Waals surface area contributed by atoms with Crippen LogP contribution < -0.4 is 0 Å². The summed E-state index contributed by atoms with van der Waals surface area (Å²) in [6.45, 7) is 1.28. The molecule has 0 atom stereocenters. The van der Waals surface area contributed by atoms with Crippen molar-refractivity contribution in [1.82, 2.24) is 0 Å². The summed E-state index contributed by atoms with van der Waals surface area (Å²) in [5, 5.41) is 0. The Morgan fingerprint density at radius 3 is 2.39 bits per heavy atom. The highest BCUT2D eigenvalue weighted by Gasteiger charge is 2.36. The number of carbonyl (C=O) groups is 2. The summed E-state index contributed by atoms with van der Waals surface area (Å²) in [7, 11) is 0. The quantitative estimate of drug-likeness (QED) is 0.365. The second-order valence-electron chi connectivity index (χ2n) is 3.21. The molecule has 0 saturated heterocycles. The van der Waals surface area contributed by atoms with Crippen molar-refractivity contribution in [3.63, 3.8) is 0 Å². The number of esters is 1. The van der Waals surface area contributed by atoms with Gasteiger partial charge in [0, 0.05) is 0 Å². The molecule has 18 heavy (non-hydrogen) atoms. The third-order valence-corrected chi connectivity index (χ3v) is 2.01. The van der Waals surface area contributed by atoms with Gasteiger partial charge in [0.15, 0.2) is 0 Å². The van der Waals surface area contributed by atoms with Gasteiger partial charge in [0.25, 0.3) is 5.78 Å². The number of alkyl halides is 3. The topological polar surface area (TPSA) is 43.4 Å². The lowest BCUT2D eigenvalue weighted by Gasteiger charge is -2.10. The highest BCUT2D eigenvalue weighted by atomic mass is 19.4. The third kappa shape index (κ3) is 2.85. The molecule has 0 N–H and O–H groups in total. The fraction of sp³-hybridized carbons (Fsp3) is 0.273. The average Bonchev–Trinajstić information content (AvgIpc) is 2.27. The number of carbonyl (C=O) groups excluding carboxylic acids is 2. The van der Waals surface area contributed by atoms with Crippen LogP contribution in [0, 0.1) is 5.82 Å². The number of ether oxygens (including phenoxy) is 1. The largest absolute Gasteiger partial charge is 0.460 e. The lowest BCUT2D eigenvalue weighted by molar-refractivity contribution is -0.140. The Morgan fingerprint density at radius 2 is 1.89 bits per heavy atom. The monoisotopic (exact) mass is 264 g/mol. The fourth-order valence-corrected chi connectivity index (χ4v) is 1.23. The molecule has 98 valence electrons. The summed E-state index contributed by atoms with van der Waals surface area (Å²) in [4.78, 5) is 22.4. The molecule has 0 saturated carbocycles. The van der Waals surface area contributed by atoms with Crippen molar-refractivity contribution >= 4 is 11.8 Å². The highest BCUT2D eigenvalue weighted by Crippen LogP contribution is 2.32. The van der Waals surface area contributed by atoms with Gasteiger partial charge in [-0.2, -0.15) is 13.2 Å². The number of hydrogen-bond acceptors (Lipinski definition) is 3. The Hall–Kier alpha value is -1.92. The SMILES string of the molecule is CCOC(=O)C(=O)c1cccc(C(F)(F)F)c1F. The molecule has 0 aromatic heterocycles. The molecular weight excluding hydrogens is 256 g/mol. The van der Waals surface area contributed by atoms with Crippen molar-refractivity contribution in [3.8, 4) is 0 Å². The van der Waals surface area contributed by atoms with E-state index in [0.29, 0.717) is 6.07 Å². The minimum absolute atomic E-state index is 0.134. The predicted molar refractivity (Wildman–Crippen MR) is 52.4 cm³/mol. The van der Waals surface area contributed by atoms with E-state index in [1.807, 2.05) is 0 Å². The second-order valence-corrected chi connectivity index (χ2v) is 3.21. The normalized spacial score (nSPS) is 11.2. The first-order chi connectivity index (χ1) is 8.29. The Kier molecular flexibility index (Phi) is 4.05. The molecule has 1 rings (SSSR count). The maximum atomic E-state index is 13.5. The van der Waals surface area contributed by atoms with Gasteiger partial charge in [0.05, 0.1) is 17.7 Å². The summed E-state index contributed by atoms with van der Waals surface area (Å²) < 4.78 is 54.9. The number of halogens is 4. The van der Waals surface area contributed by atoms with Crippen LogP contribution in [-0.2, 0) is 15.7 Å². The minimum Gasteiger partial charge on any atom is -0.460 e. The molecule has 0 amide bonds. The molecule has 0 aliphatic carbocycles. The summed E-state index contributed by atoms with van der Waals surface area (Å²) in [5.74, 6) is -4.61. The van der Waals surface area contributed by atoms with Crippen molar-refractivity contribution in [2.24, 2.45) is 0 Å². The molecule has 0 fully saturated rings. The number of benzene rings is 1. The van der Waals surface area contributed by atoms with Crippen LogP contribution in [0.2, 0.25) is 0 Å². The molecule has 0 bridgehead atoms. The molecule has 0 heterocycles. The van der Waals surface area contributed by atoms with Crippen LogP contribution in [0.25, 0.3) is 0 Å². The van der Waals surface area contributed by atoms with Crippen LogP contribution in [0.5, 0.6) is 0 Å². The van der Waals surface area contributed by atoms with Crippen molar-refractivity contribution in [2.45, 2.75) is 13.1 Å². The lowest BCUT2D eigenvalue weighted by atomic mass is 10.1. The second kappa shape index (κ2) is 5.16. The predicted octanol–water partition coefficient (Wildman–Crippen LogP) is 2.59. The Morgan fingerprint density at radius 1 is 1.28 bits per heavy atom. The zero-order valence-electron chi connectivity index (χ0n) is 9.18. The van der Waals surface area contributed by atoms with Crippen LogP contribution in [0.1, 0.15) is 22.8 Å². The molecule has 0 unspecified atom stereocenters. The van der Waals surface area contributed by atoms with E-state index in [0.717, 1.165) is 12.1 Å². The van der Waals surface area contributed by atoms with Crippen molar-refractivity contribution in [3.05, 3.63) is 35.1 Å². The molecule has 7 heteroatoms. The van der Waals surface area contributed by atoms with Gasteiger partial charge in [0.2, 0.25) is 0 Å². The van der Waals surface area contributed by atoms with Gasteiger partial charge in [-0.05, 0) is 19.1 Å². The van der Waals surface area contributed by atoms with E-state index in [4.69, 9.17) is 0 Å². The van der Waals surface area contributed by atoms with Crippen LogP contribution in [0.3, 0.4) is 0 Å². The van der Waals surface area contributed by atoms with Gasteiger partial charge in [-0.15, -0.1) is 0 Å². The van der Waals surface area contributed by atoms with Gasteiger partial charge in [0.1, 0.15) is 5.82 Å². The van der Waals surface area contributed by atoms with Crippen LogP contribution in [0.4, 0.5) is 17.6 Å². The number of ketones is 1. The van der Waals surface area contributed by atoms with E-state index in [9.17, 15) is 27.2 Å². The summed E-state index contributed by atoms with van der Waals surface area (Å²) >= 11 is 0. The van der Waals surface area contributed by atoms with Crippen molar-refractivity contribution < 1.29 is 31.9 Å². The first-order valence-electron chi connectivity index (χ1n) is 4.86. The first kappa shape index (κ1) is 14.1. The van der Waals surface area contributed by atoms with Gasteiger partial charge in [-0.3, -0.25) is 4.79 Å². The number of hydrogen-bond donors (Lipinski definition) is 0. The zero-order valence-corrected chi connectivity index (χ0v) is 9.18. The fourth-order valence-electron chi connectivity index (χ4n) is 1.23. The molecule has 1 aromatic rings. The van der Waals surface area contributed by atoms with Crippen LogP contribution in [0.15, 0.2) is 18.2 Å². The van der Waals surface area contributed by atoms with Crippen molar-refractivity contribution in [1.29, 1.82) is 0 Å². The van der Waals surface area contributed by atoms with Gasteiger partial charge < -0.3 is 4.74 Å². The van der Waals surface area contributed by atoms with Gasteiger partial charge in [-0.25, -0.2) is 9.18 Å². The van der Waals surface area contributed by atoms with Crippen LogP contribution in [-0.4, -0.2) is 18.4 Å². The Bertz CT molecular complexity index is 480. The van der Waals surface area contributed by atoms with E-state index >= 15 is 0 Å². The molecule has 0 aliphatic heterocycles. The molecule has 1 aromatic carbocycles. The summed E-state index contributed by atoms with van der Waals surface area (Å²) in [6, 6.07) is 2.12. The van der Waals surface area contributed by atoms with Gasteiger partial charge >= 0.3 is 12.1 Å². The Labute approximate surface area is 99.4 Å². The molecule has 0 spiro atoms.